The zero-order chi connectivity index (χ0) is 18.1. The molecule has 0 spiro atoms. The maximum Gasteiger partial charge on any atom is 0.187 e. The van der Waals surface area contributed by atoms with E-state index < -0.39 is 0 Å². The van der Waals surface area contributed by atoms with Gasteiger partial charge in [0.1, 0.15) is 5.82 Å². The van der Waals surface area contributed by atoms with Crippen molar-refractivity contribution in [1.29, 1.82) is 0 Å². The van der Waals surface area contributed by atoms with Crippen molar-refractivity contribution in [3.8, 4) is 11.5 Å². The van der Waals surface area contributed by atoms with Crippen molar-refractivity contribution in [1.82, 2.24) is 10.7 Å². The van der Waals surface area contributed by atoms with Gasteiger partial charge in [-0.05, 0) is 60.6 Å². The van der Waals surface area contributed by atoms with Crippen molar-refractivity contribution in [2.24, 2.45) is 5.10 Å². The zero-order valence-corrected chi connectivity index (χ0v) is 14.9. The van der Waals surface area contributed by atoms with Gasteiger partial charge in [-0.15, -0.1) is 0 Å². The molecule has 2 aromatic rings. The van der Waals surface area contributed by atoms with E-state index in [2.05, 4.69) is 15.8 Å². The fourth-order valence-electron chi connectivity index (χ4n) is 2.03. The van der Waals surface area contributed by atoms with E-state index in [0.29, 0.717) is 29.8 Å². The molecule has 0 aromatic heterocycles. The Kier molecular flexibility index (Phi) is 7.16. The third-order valence-corrected chi connectivity index (χ3v) is 3.47. The molecular weight excluding hydrogens is 341 g/mol. The summed E-state index contributed by atoms with van der Waals surface area (Å²) in [5.74, 6) is 1.06. The van der Waals surface area contributed by atoms with Crippen LogP contribution in [0.1, 0.15) is 18.1 Å². The van der Waals surface area contributed by atoms with Crippen molar-refractivity contribution in [2.45, 2.75) is 13.5 Å². The molecule has 0 radical (unpaired) electrons. The van der Waals surface area contributed by atoms with Gasteiger partial charge in [-0.2, -0.15) is 5.10 Å². The molecule has 0 aliphatic rings. The van der Waals surface area contributed by atoms with Crippen LogP contribution in [-0.2, 0) is 6.54 Å². The van der Waals surface area contributed by atoms with Gasteiger partial charge in [0.05, 0.1) is 19.9 Å². The average molecular weight is 361 g/mol. The van der Waals surface area contributed by atoms with Crippen LogP contribution >= 0.6 is 12.2 Å². The minimum Gasteiger partial charge on any atom is -0.493 e. The quantitative estimate of drug-likeness (QED) is 0.450. The van der Waals surface area contributed by atoms with Crippen molar-refractivity contribution >= 4 is 23.5 Å². The summed E-state index contributed by atoms with van der Waals surface area (Å²) >= 11 is 5.15. The highest BCUT2D eigenvalue weighted by molar-refractivity contribution is 7.80. The van der Waals surface area contributed by atoms with Gasteiger partial charge in [-0.1, -0.05) is 12.1 Å². The number of ether oxygens (including phenoxy) is 2. The van der Waals surface area contributed by atoms with Crippen molar-refractivity contribution in [3.05, 3.63) is 59.4 Å². The van der Waals surface area contributed by atoms with Gasteiger partial charge in [-0.3, -0.25) is 5.43 Å². The first-order chi connectivity index (χ1) is 12.1. The number of hydrogen-bond donors (Lipinski definition) is 2. The van der Waals surface area contributed by atoms with E-state index >= 15 is 0 Å². The zero-order valence-electron chi connectivity index (χ0n) is 14.1. The van der Waals surface area contributed by atoms with Crippen LogP contribution in [-0.4, -0.2) is 25.0 Å². The van der Waals surface area contributed by atoms with Gasteiger partial charge in [0.15, 0.2) is 16.6 Å². The summed E-state index contributed by atoms with van der Waals surface area (Å²) in [5.41, 5.74) is 4.50. The highest BCUT2D eigenvalue weighted by Gasteiger charge is 2.04. The molecule has 0 heterocycles. The van der Waals surface area contributed by atoms with Crippen molar-refractivity contribution < 1.29 is 13.9 Å². The smallest absolute Gasteiger partial charge is 0.187 e. The molecule has 0 bridgehead atoms. The van der Waals surface area contributed by atoms with E-state index in [1.807, 2.05) is 25.1 Å². The summed E-state index contributed by atoms with van der Waals surface area (Å²) in [6.07, 6.45) is 1.63. The van der Waals surface area contributed by atoms with E-state index in [0.717, 1.165) is 11.1 Å². The van der Waals surface area contributed by atoms with Gasteiger partial charge in [0, 0.05) is 6.54 Å². The van der Waals surface area contributed by atoms with E-state index in [-0.39, 0.29) is 5.82 Å². The molecule has 5 nitrogen and oxygen atoms in total. The number of methoxy groups -OCH3 is 1. The molecule has 0 unspecified atom stereocenters. The molecule has 2 rings (SSSR count). The maximum absolute atomic E-state index is 12.8. The molecular formula is C18H20FN3O2S. The molecule has 2 aromatic carbocycles. The van der Waals surface area contributed by atoms with Crippen LogP contribution in [0, 0.1) is 5.82 Å². The van der Waals surface area contributed by atoms with Crippen molar-refractivity contribution in [2.75, 3.05) is 13.7 Å². The summed E-state index contributed by atoms with van der Waals surface area (Å²) in [5, 5.41) is 7.46. The van der Waals surface area contributed by atoms with E-state index in [4.69, 9.17) is 21.7 Å². The monoisotopic (exact) mass is 361 g/mol. The SMILES string of the molecule is CCOc1cc(/C=N\NC(=S)NCc2ccc(F)cc2)ccc1OC. The molecule has 0 fully saturated rings. The van der Waals surface area contributed by atoms with E-state index in [1.165, 1.54) is 12.1 Å². The van der Waals surface area contributed by atoms with Gasteiger partial charge in [0.2, 0.25) is 0 Å². The van der Waals surface area contributed by atoms with Crippen molar-refractivity contribution in [3.63, 3.8) is 0 Å². The number of halogens is 1. The molecule has 0 atom stereocenters. The first-order valence-corrected chi connectivity index (χ1v) is 8.15. The molecule has 0 saturated heterocycles. The Morgan fingerprint density at radius 2 is 1.96 bits per heavy atom. The molecule has 25 heavy (non-hydrogen) atoms. The van der Waals surface area contributed by atoms with Crippen LogP contribution < -0.4 is 20.2 Å². The lowest BCUT2D eigenvalue weighted by Gasteiger charge is -2.09. The summed E-state index contributed by atoms with van der Waals surface area (Å²) in [4.78, 5) is 0. The number of hydrazone groups is 1. The maximum atomic E-state index is 12.8. The number of nitrogens with zero attached hydrogens (tertiary/aromatic N) is 1. The Morgan fingerprint density at radius 3 is 2.64 bits per heavy atom. The highest BCUT2D eigenvalue weighted by atomic mass is 32.1. The number of rotatable bonds is 7. The Labute approximate surface area is 151 Å². The predicted octanol–water partition coefficient (Wildman–Crippen LogP) is 3.23. The van der Waals surface area contributed by atoms with E-state index in [9.17, 15) is 4.39 Å². The van der Waals surface area contributed by atoms with Crippen LogP contribution in [0.5, 0.6) is 11.5 Å². The summed E-state index contributed by atoms with van der Waals surface area (Å²) in [6.45, 7) is 2.94. The van der Waals surface area contributed by atoms with Gasteiger partial charge < -0.3 is 14.8 Å². The summed E-state index contributed by atoms with van der Waals surface area (Å²) in [6, 6.07) is 11.7. The first kappa shape index (κ1) is 18.7. The second-order valence-electron chi connectivity index (χ2n) is 5.02. The Morgan fingerprint density at radius 1 is 1.20 bits per heavy atom. The van der Waals surface area contributed by atoms with Crippen LogP contribution in [0.3, 0.4) is 0 Å². The lowest BCUT2D eigenvalue weighted by Crippen LogP contribution is -2.31. The molecule has 7 heteroatoms. The molecule has 0 amide bonds. The normalized spacial score (nSPS) is 10.5. The largest absolute Gasteiger partial charge is 0.493 e. The molecule has 0 aliphatic heterocycles. The number of nitrogens with one attached hydrogen (secondary N) is 2. The minimum atomic E-state index is -0.264. The van der Waals surface area contributed by atoms with Gasteiger partial charge >= 0.3 is 0 Å². The third-order valence-electron chi connectivity index (χ3n) is 3.23. The second-order valence-corrected chi connectivity index (χ2v) is 5.43. The summed E-state index contributed by atoms with van der Waals surface area (Å²) in [7, 11) is 1.60. The fraction of sp³-hybridized carbons (Fsp3) is 0.222. The Bertz CT molecular complexity index is 736. The molecule has 132 valence electrons. The van der Waals surface area contributed by atoms with Crippen LogP contribution in [0.25, 0.3) is 0 Å². The lowest BCUT2D eigenvalue weighted by atomic mass is 10.2. The summed E-state index contributed by atoms with van der Waals surface area (Å²) < 4.78 is 23.6. The topological polar surface area (TPSA) is 54.9 Å². The van der Waals surface area contributed by atoms with Crippen LogP contribution in [0.15, 0.2) is 47.6 Å². The highest BCUT2D eigenvalue weighted by Crippen LogP contribution is 2.27. The van der Waals surface area contributed by atoms with Crippen LogP contribution in [0.2, 0.25) is 0 Å². The Hall–Kier alpha value is -2.67. The number of hydrogen-bond acceptors (Lipinski definition) is 4. The lowest BCUT2D eigenvalue weighted by molar-refractivity contribution is 0.311. The minimum absolute atomic E-state index is 0.264. The first-order valence-electron chi connectivity index (χ1n) is 7.74. The fourth-order valence-corrected chi connectivity index (χ4v) is 2.16. The van der Waals surface area contributed by atoms with Gasteiger partial charge in [0.25, 0.3) is 0 Å². The van der Waals surface area contributed by atoms with Gasteiger partial charge in [-0.25, -0.2) is 4.39 Å². The third kappa shape index (κ3) is 6.04. The standard InChI is InChI=1S/C18H20FN3O2S/c1-3-24-17-10-14(6-9-16(17)23-2)12-21-22-18(25)20-11-13-4-7-15(19)8-5-13/h4-10,12H,3,11H2,1-2H3,(H2,20,22,25)/b21-12-. The van der Waals surface area contributed by atoms with E-state index in [1.54, 1.807) is 25.5 Å². The number of thiocarbonyl (C=S) groups is 1. The molecule has 0 aliphatic carbocycles. The number of benzene rings is 2. The Balaban J connectivity index is 1.86. The molecule has 2 N–H and O–H groups in total. The predicted molar refractivity (Wildman–Crippen MR) is 101 cm³/mol. The van der Waals surface area contributed by atoms with Crippen LogP contribution in [0.4, 0.5) is 4.39 Å². The second kappa shape index (κ2) is 9.58. The molecule has 0 saturated carbocycles. The average Bonchev–Trinajstić information content (AvgIpc) is 2.62.